The van der Waals surface area contributed by atoms with Crippen LogP contribution in [-0.2, 0) is 14.3 Å². The van der Waals surface area contributed by atoms with Gasteiger partial charge in [-0.2, -0.15) is 0 Å². The van der Waals surface area contributed by atoms with E-state index >= 15 is 0 Å². The predicted octanol–water partition coefficient (Wildman–Crippen LogP) is 4.55. The van der Waals surface area contributed by atoms with E-state index in [2.05, 4.69) is 29.6 Å². The lowest BCUT2D eigenvalue weighted by atomic mass is 9.92. The number of ether oxygens (including phenoxy) is 1. The number of rotatable bonds is 6. The number of hydrogen-bond donors (Lipinski definition) is 2. The Morgan fingerprint density at radius 3 is 2.20 bits per heavy atom. The van der Waals surface area contributed by atoms with Gasteiger partial charge in [-0.1, -0.05) is 61.4 Å². The van der Waals surface area contributed by atoms with Gasteiger partial charge in [-0.05, 0) is 48.4 Å². The number of carbonyl (C=O) groups excluding carboxylic acids is 2. The molecule has 1 saturated heterocycles. The zero-order valence-electron chi connectivity index (χ0n) is 20.0. The van der Waals surface area contributed by atoms with Crippen LogP contribution in [0.1, 0.15) is 62.5 Å². The number of amides is 2. The number of nitrogens with zero attached hydrogens (tertiary/aromatic N) is 1. The molecule has 1 saturated carbocycles. The van der Waals surface area contributed by atoms with Gasteiger partial charge in [0.05, 0.1) is 17.9 Å². The molecule has 2 N–H and O–H groups in total. The Kier molecular flexibility index (Phi) is 6.26. The Hall–Kier alpha value is -3.35. The molecule has 2 unspecified atom stereocenters. The first-order chi connectivity index (χ1) is 16.9. The molecule has 0 bridgehead atoms. The molecule has 0 radical (unpaired) electrons. The van der Waals surface area contributed by atoms with E-state index < -0.39 is 23.5 Å². The predicted molar refractivity (Wildman–Crippen MR) is 131 cm³/mol. The third kappa shape index (κ3) is 4.40. The maximum absolute atomic E-state index is 13.1. The number of alkyl carbamates (subject to hydrolysis) is 1. The van der Waals surface area contributed by atoms with E-state index in [1.54, 1.807) is 11.8 Å². The summed E-state index contributed by atoms with van der Waals surface area (Å²) in [6.45, 7) is 2.47. The van der Waals surface area contributed by atoms with Crippen LogP contribution in [0.3, 0.4) is 0 Å². The summed E-state index contributed by atoms with van der Waals surface area (Å²) >= 11 is 0. The highest BCUT2D eigenvalue weighted by atomic mass is 16.5. The minimum atomic E-state index is -0.861. The van der Waals surface area contributed by atoms with Crippen molar-refractivity contribution in [2.24, 2.45) is 5.92 Å². The molecule has 1 aliphatic heterocycles. The molecule has 2 atom stereocenters. The van der Waals surface area contributed by atoms with Gasteiger partial charge in [-0.3, -0.25) is 9.59 Å². The van der Waals surface area contributed by atoms with Crippen LogP contribution in [0.25, 0.3) is 11.1 Å². The zero-order valence-corrected chi connectivity index (χ0v) is 20.0. The molecule has 2 aliphatic carbocycles. The van der Waals surface area contributed by atoms with Gasteiger partial charge in [-0.25, -0.2) is 4.79 Å². The molecule has 184 valence electrons. The van der Waals surface area contributed by atoms with E-state index in [9.17, 15) is 19.5 Å². The second-order valence-electron chi connectivity index (χ2n) is 10.2. The monoisotopic (exact) mass is 476 g/mol. The Bertz CT molecular complexity index is 1090. The van der Waals surface area contributed by atoms with Crippen LogP contribution in [0.4, 0.5) is 4.79 Å². The molecule has 7 nitrogen and oxygen atoms in total. The quantitative estimate of drug-likeness (QED) is 0.638. The lowest BCUT2D eigenvalue weighted by Crippen LogP contribution is -2.51. The van der Waals surface area contributed by atoms with Gasteiger partial charge in [0, 0.05) is 18.5 Å². The summed E-state index contributed by atoms with van der Waals surface area (Å²) in [6, 6.07) is 16.1. The van der Waals surface area contributed by atoms with Crippen molar-refractivity contribution in [1.29, 1.82) is 0 Å². The number of nitrogens with one attached hydrogen (secondary N) is 1. The normalized spacial score (nSPS) is 22.5. The van der Waals surface area contributed by atoms with Gasteiger partial charge in [0.25, 0.3) is 0 Å². The van der Waals surface area contributed by atoms with Crippen molar-refractivity contribution in [2.45, 2.75) is 62.9 Å². The minimum absolute atomic E-state index is 0.0206. The van der Waals surface area contributed by atoms with Crippen LogP contribution in [0, 0.1) is 5.92 Å². The second-order valence-corrected chi connectivity index (χ2v) is 10.2. The SMILES string of the molecule is CC1C(C(=O)O)CCN1C(=O)CC1(NC(=O)OCC2c3ccccc3-c3ccccc32)CCCC1. The van der Waals surface area contributed by atoms with Crippen molar-refractivity contribution in [3.8, 4) is 11.1 Å². The number of aliphatic carboxylic acids is 1. The van der Waals surface area contributed by atoms with E-state index in [0.29, 0.717) is 25.8 Å². The van der Waals surface area contributed by atoms with E-state index in [1.165, 1.54) is 11.1 Å². The summed E-state index contributed by atoms with van der Waals surface area (Å²) in [5, 5.41) is 12.4. The Balaban J connectivity index is 1.24. The fourth-order valence-corrected chi connectivity index (χ4v) is 6.26. The summed E-state index contributed by atoms with van der Waals surface area (Å²) in [7, 11) is 0. The van der Waals surface area contributed by atoms with Crippen molar-refractivity contribution in [3.05, 3.63) is 59.7 Å². The maximum atomic E-state index is 13.1. The Labute approximate surface area is 205 Å². The number of hydrogen-bond acceptors (Lipinski definition) is 4. The number of likely N-dealkylation sites (tertiary alicyclic amines) is 1. The molecule has 2 amide bonds. The van der Waals surface area contributed by atoms with Crippen molar-refractivity contribution in [2.75, 3.05) is 13.2 Å². The lowest BCUT2D eigenvalue weighted by Gasteiger charge is -2.33. The fourth-order valence-electron chi connectivity index (χ4n) is 6.26. The Morgan fingerprint density at radius 2 is 1.63 bits per heavy atom. The molecule has 0 aromatic heterocycles. The van der Waals surface area contributed by atoms with Gasteiger partial charge >= 0.3 is 12.1 Å². The van der Waals surface area contributed by atoms with Crippen molar-refractivity contribution < 1.29 is 24.2 Å². The molecule has 5 rings (SSSR count). The highest BCUT2D eigenvalue weighted by Gasteiger charge is 2.43. The van der Waals surface area contributed by atoms with Crippen molar-refractivity contribution >= 4 is 18.0 Å². The minimum Gasteiger partial charge on any atom is -0.481 e. The fraction of sp³-hybridized carbons (Fsp3) is 0.464. The van der Waals surface area contributed by atoms with E-state index in [0.717, 1.165) is 24.0 Å². The van der Waals surface area contributed by atoms with Gasteiger partial charge in [0.2, 0.25) is 5.91 Å². The average molecular weight is 477 g/mol. The van der Waals surface area contributed by atoms with Crippen LogP contribution in [0.5, 0.6) is 0 Å². The summed E-state index contributed by atoms with van der Waals surface area (Å²) in [4.78, 5) is 39.2. The zero-order chi connectivity index (χ0) is 24.6. The Morgan fingerprint density at radius 1 is 1.03 bits per heavy atom. The van der Waals surface area contributed by atoms with Gasteiger partial charge < -0.3 is 20.1 Å². The average Bonchev–Trinajstić information content (AvgIpc) is 3.54. The number of benzene rings is 2. The lowest BCUT2D eigenvalue weighted by molar-refractivity contribution is -0.143. The molecule has 0 spiro atoms. The van der Waals surface area contributed by atoms with Crippen LogP contribution in [0.15, 0.2) is 48.5 Å². The molecular formula is C28H32N2O5. The van der Waals surface area contributed by atoms with E-state index in [4.69, 9.17) is 4.74 Å². The third-order valence-corrected chi connectivity index (χ3v) is 8.15. The molecule has 2 aromatic carbocycles. The molecule has 35 heavy (non-hydrogen) atoms. The van der Waals surface area contributed by atoms with Crippen molar-refractivity contribution in [3.63, 3.8) is 0 Å². The van der Waals surface area contributed by atoms with Crippen LogP contribution < -0.4 is 5.32 Å². The topological polar surface area (TPSA) is 95.9 Å². The number of carbonyl (C=O) groups is 3. The standard InChI is InChI=1S/C28H32N2O5/c1-18-19(26(32)33)12-15-30(18)25(31)16-28(13-6-7-14-28)29-27(34)35-17-24-22-10-4-2-8-20(22)21-9-3-5-11-23(21)24/h2-5,8-11,18-19,24H,6-7,12-17H2,1H3,(H,29,34)(H,32,33). The smallest absolute Gasteiger partial charge is 0.407 e. The second kappa shape index (κ2) is 9.36. The van der Waals surface area contributed by atoms with Gasteiger partial charge in [-0.15, -0.1) is 0 Å². The summed E-state index contributed by atoms with van der Waals surface area (Å²) in [5.74, 6) is -1.51. The molecular weight excluding hydrogens is 444 g/mol. The first-order valence-corrected chi connectivity index (χ1v) is 12.5. The number of fused-ring (bicyclic) bond motifs is 3. The summed E-state index contributed by atoms with van der Waals surface area (Å²) in [6.07, 6.45) is 3.44. The van der Waals surface area contributed by atoms with Crippen LogP contribution >= 0.6 is 0 Å². The first-order valence-electron chi connectivity index (χ1n) is 12.5. The number of carboxylic acid groups (broad SMARTS) is 1. The van der Waals surface area contributed by atoms with E-state index in [-0.39, 0.29) is 30.9 Å². The molecule has 1 heterocycles. The number of carboxylic acids is 1. The highest BCUT2D eigenvalue weighted by Crippen LogP contribution is 2.44. The third-order valence-electron chi connectivity index (χ3n) is 8.15. The first kappa shape index (κ1) is 23.4. The highest BCUT2D eigenvalue weighted by molar-refractivity contribution is 5.82. The molecule has 2 fully saturated rings. The van der Waals surface area contributed by atoms with Gasteiger partial charge in [0.15, 0.2) is 0 Å². The largest absolute Gasteiger partial charge is 0.481 e. The molecule has 3 aliphatic rings. The van der Waals surface area contributed by atoms with E-state index in [1.807, 2.05) is 24.3 Å². The van der Waals surface area contributed by atoms with Crippen LogP contribution in [-0.4, -0.2) is 52.7 Å². The van der Waals surface area contributed by atoms with Crippen LogP contribution in [0.2, 0.25) is 0 Å². The molecule has 2 aromatic rings. The summed E-state index contributed by atoms with van der Waals surface area (Å²) < 4.78 is 5.75. The van der Waals surface area contributed by atoms with Crippen molar-refractivity contribution in [1.82, 2.24) is 10.2 Å². The molecule has 7 heteroatoms. The maximum Gasteiger partial charge on any atom is 0.407 e. The van der Waals surface area contributed by atoms with Gasteiger partial charge in [0.1, 0.15) is 6.61 Å². The summed E-state index contributed by atoms with van der Waals surface area (Å²) in [5.41, 5.74) is 4.02.